The minimum absolute atomic E-state index is 0.154. The average Bonchev–Trinajstić information content (AvgIpc) is 2.62. The molecule has 2 aromatic carbocycles. The van der Waals surface area contributed by atoms with Gasteiger partial charge in [0.2, 0.25) is 11.7 Å². The lowest BCUT2D eigenvalue weighted by Gasteiger charge is -2.16. The molecule has 0 heterocycles. The molecule has 1 unspecified atom stereocenters. The second-order valence-electron chi connectivity index (χ2n) is 5.63. The highest BCUT2D eigenvalue weighted by molar-refractivity contribution is 5.93. The minimum Gasteiger partial charge on any atom is -0.493 e. The fourth-order valence-electron chi connectivity index (χ4n) is 2.49. The fraction of sp³-hybridized carbons (Fsp3) is 0.316. The Bertz CT molecular complexity index is 706. The van der Waals surface area contributed by atoms with Gasteiger partial charge in [0.15, 0.2) is 11.5 Å². The molecule has 0 spiro atoms. The van der Waals surface area contributed by atoms with E-state index in [9.17, 15) is 9.18 Å². The van der Waals surface area contributed by atoms with Crippen LogP contribution >= 0.6 is 0 Å². The molecule has 0 aliphatic heterocycles. The van der Waals surface area contributed by atoms with Gasteiger partial charge in [-0.05, 0) is 24.1 Å². The number of carbonyl (C=O) groups is 1. The van der Waals surface area contributed by atoms with E-state index >= 15 is 0 Å². The summed E-state index contributed by atoms with van der Waals surface area (Å²) in [7, 11) is 4.55. The summed E-state index contributed by atoms with van der Waals surface area (Å²) in [5.74, 6) is 0.649. The Morgan fingerprint density at radius 2 is 1.60 bits per heavy atom. The van der Waals surface area contributed by atoms with Gasteiger partial charge in [0.1, 0.15) is 5.82 Å². The Kier molecular flexibility index (Phi) is 6.22. The van der Waals surface area contributed by atoms with Gasteiger partial charge in [-0.2, -0.15) is 0 Å². The molecule has 1 amide bonds. The maximum Gasteiger partial charge on any atom is 0.227 e. The number of benzene rings is 2. The second kappa shape index (κ2) is 8.37. The van der Waals surface area contributed by atoms with Crippen LogP contribution in [0.15, 0.2) is 36.4 Å². The first-order valence-corrected chi connectivity index (χ1v) is 7.83. The first-order chi connectivity index (χ1) is 12.0. The molecule has 6 heteroatoms. The highest BCUT2D eigenvalue weighted by Crippen LogP contribution is 2.40. The molecule has 0 aliphatic carbocycles. The fourth-order valence-corrected chi connectivity index (χ4v) is 2.49. The molecule has 0 bridgehead atoms. The van der Waals surface area contributed by atoms with E-state index in [0.29, 0.717) is 29.4 Å². The van der Waals surface area contributed by atoms with Gasteiger partial charge >= 0.3 is 0 Å². The zero-order valence-electron chi connectivity index (χ0n) is 14.8. The van der Waals surface area contributed by atoms with E-state index in [1.807, 2.05) is 6.92 Å². The lowest BCUT2D eigenvalue weighted by Crippen LogP contribution is -2.22. The zero-order chi connectivity index (χ0) is 18.4. The molecule has 2 rings (SSSR count). The predicted octanol–water partition coefficient (Wildman–Crippen LogP) is 3.67. The maximum absolute atomic E-state index is 13.0. The summed E-state index contributed by atoms with van der Waals surface area (Å²) in [4.78, 5) is 12.4. The molecule has 2 aromatic rings. The molecule has 0 saturated carbocycles. The highest BCUT2D eigenvalue weighted by atomic mass is 19.1. The monoisotopic (exact) mass is 347 g/mol. The van der Waals surface area contributed by atoms with E-state index < -0.39 is 0 Å². The number of carbonyl (C=O) groups excluding carboxylic acids is 1. The topological polar surface area (TPSA) is 56.8 Å². The Morgan fingerprint density at radius 1 is 1.04 bits per heavy atom. The van der Waals surface area contributed by atoms with Crippen molar-refractivity contribution in [2.75, 3.05) is 26.6 Å². The van der Waals surface area contributed by atoms with Crippen molar-refractivity contribution in [1.82, 2.24) is 0 Å². The van der Waals surface area contributed by atoms with Gasteiger partial charge in [-0.1, -0.05) is 19.1 Å². The van der Waals surface area contributed by atoms with E-state index in [2.05, 4.69) is 5.32 Å². The van der Waals surface area contributed by atoms with Gasteiger partial charge in [0.25, 0.3) is 0 Å². The average molecular weight is 347 g/mol. The van der Waals surface area contributed by atoms with Crippen LogP contribution in [0.3, 0.4) is 0 Å². The SMILES string of the molecule is COc1cc(NC(=O)C(C)Cc2ccc(F)cc2)cc(OC)c1OC. The molecule has 1 N–H and O–H groups in total. The number of methoxy groups -OCH3 is 3. The minimum atomic E-state index is -0.293. The third-order valence-electron chi connectivity index (χ3n) is 3.83. The van der Waals surface area contributed by atoms with Crippen molar-refractivity contribution in [3.63, 3.8) is 0 Å². The van der Waals surface area contributed by atoms with Crippen LogP contribution in [0.2, 0.25) is 0 Å². The largest absolute Gasteiger partial charge is 0.493 e. The summed E-state index contributed by atoms with van der Waals surface area (Å²) < 4.78 is 28.8. The van der Waals surface area contributed by atoms with Crippen LogP contribution in [0.1, 0.15) is 12.5 Å². The van der Waals surface area contributed by atoms with Crippen LogP contribution in [-0.4, -0.2) is 27.2 Å². The Balaban J connectivity index is 2.12. The van der Waals surface area contributed by atoms with Crippen molar-refractivity contribution < 1.29 is 23.4 Å². The summed E-state index contributed by atoms with van der Waals surface area (Å²) in [6.07, 6.45) is 0.510. The van der Waals surface area contributed by atoms with Crippen LogP contribution in [0.25, 0.3) is 0 Å². The van der Waals surface area contributed by atoms with Crippen molar-refractivity contribution in [2.45, 2.75) is 13.3 Å². The number of rotatable bonds is 7. The van der Waals surface area contributed by atoms with Gasteiger partial charge in [0.05, 0.1) is 21.3 Å². The quantitative estimate of drug-likeness (QED) is 0.830. The predicted molar refractivity (Wildman–Crippen MR) is 94.0 cm³/mol. The summed E-state index contributed by atoms with van der Waals surface area (Å²) in [5, 5.41) is 2.85. The second-order valence-corrected chi connectivity index (χ2v) is 5.63. The van der Waals surface area contributed by atoms with Crippen LogP contribution in [0.5, 0.6) is 17.2 Å². The molecule has 0 aliphatic rings. The van der Waals surface area contributed by atoms with Gasteiger partial charge in [-0.15, -0.1) is 0 Å². The van der Waals surface area contributed by atoms with Crippen LogP contribution in [-0.2, 0) is 11.2 Å². The van der Waals surface area contributed by atoms with Gasteiger partial charge in [-0.3, -0.25) is 4.79 Å². The number of ether oxygens (including phenoxy) is 3. The first-order valence-electron chi connectivity index (χ1n) is 7.83. The van der Waals surface area contributed by atoms with Gasteiger partial charge < -0.3 is 19.5 Å². The van der Waals surface area contributed by atoms with E-state index in [1.54, 1.807) is 24.3 Å². The standard InChI is InChI=1S/C19H22FNO4/c1-12(9-13-5-7-14(20)8-6-13)19(22)21-15-10-16(23-2)18(25-4)17(11-15)24-3/h5-8,10-12H,9H2,1-4H3,(H,21,22). The molecule has 1 atom stereocenters. The van der Waals surface area contributed by atoms with Crippen molar-refractivity contribution in [3.05, 3.63) is 47.8 Å². The summed E-state index contributed by atoms with van der Waals surface area (Å²) in [6.45, 7) is 1.82. The number of anilines is 1. The Morgan fingerprint density at radius 3 is 2.08 bits per heavy atom. The molecule has 25 heavy (non-hydrogen) atoms. The summed E-state index contributed by atoms with van der Waals surface area (Å²) in [6, 6.07) is 9.48. The molecule has 5 nitrogen and oxygen atoms in total. The highest BCUT2D eigenvalue weighted by Gasteiger charge is 2.17. The van der Waals surface area contributed by atoms with Crippen molar-refractivity contribution in [1.29, 1.82) is 0 Å². The van der Waals surface area contributed by atoms with Crippen molar-refractivity contribution >= 4 is 11.6 Å². The van der Waals surface area contributed by atoms with E-state index in [4.69, 9.17) is 14.2 Å². The van der Waals surface area contributed by atoms with Crippen LogP contribution < -0.4 is 19.5 Å². The van der Waals surface area contributed by atoms with E-state index in [1.165, 1.54) is 33.5 Å². The molecular weight excluding hydrogens is 325 g/mol. The van der Waals surface area contributed by atoms with Crippen molar-refractivity contribution in [2.24, 2.45) is 5.92 Å². The van der Waals surface area contributed by atoms with Gasteiger partial charge in [0, 0.05) is 23.7 Å². The van der Waals surface area contributed by atoms with E-state index in [-0.39, 0.29) is 17.6 Å². The normalized spacial score (nSPS) is 11.6. The van der Waals surface area contributed by atoms with Crippen LogP contribution in [0.4, 0.5) is 10.1 Å². The molecule has 134 valence electrons. The van der Waals surface area contributed by atoms with Gasteiger partial charge in [-0.25, -0.2) is 4.39 Å². The zero-order valence-corrected chi connectivity index (χ0v) is 14.8. The smallest absolute Gasteiger partial charge is 0.227 e. The van der Waals surface area contributed by atoms with E-state index in [0.717, 1.165) is 5.56 Å². The van der Waals surface area contributed by atoms with Crippen molar-refractivity contribution in [3.8, 4) is 17.2 Å². The third-order valence-corrected chi connectivity index (χ3v) is 3.83. The molecule has 0 radical (unpaired) electrons. The lowest BCUT2D eigenvalue weighted by molar-refractivity contribution is -0.119. The molecule has 0 fully saturated rings. The third kappa shape index (κ3) is 4.62. The molecule has 0 aromatic heterocycles. The Hall–Kier alpha value is -2.76. The maximum atomic E-state index is 13.0. The lowest BCUT2D eigenvalue weighted by atomic mass is 10.0. The molecule has 0 saturated heterocycles. The number of halogens is 1. The number of hydrogen-bond acceptors (Lipinski definition) is 4. The molecular formula is C19H22FNO4. The summed E-state index contributed by atoms with van der Waals surface area (Å²) >= 11 is 0. The summed E-state index contributed by atoms with van der Waals surface area (Å²) in [5.41, 5.74) is 1.44. The first kappa shape index (κ1) is 18.6. The Labute approximate surface area is 146 Å². The number of hydrogen-bond donors (Lipinski definition) is 1. The number of amides is 1. The van der Waals surface area contributed by atoms with Crippen LogP contribution in [0, 0.1) is 11.7 Å². The number of nitrogens with one attached hydrogen (secondary N) is 1.